The van der Waals surface area contributed by atoms with Gasteiger partial charge in [0.1, 0.15) is 21.4 Å². The van der Waals surface area contributed by atoms with Crippen LogP contribution in [0.25, 0.3) is 10.2 Å². The Labute approximate surface area is 169 Å². The second-order valence-corrected chi connectivity index (χ2v) is 8.56. The minimum absolute atomic E-state index is 0.236. The van der Waals surface area contributed by atoms with Crippen LogP contribution in [0.4, 0.5) is 0 Å². The number of thioether (sulfide) groups is 1. The van der Waals surface area contributed by atoms with Crippen LogP contribution < -0.4 is 5.56 Å². The largest absolute Gasteiger partial charge is 0.462 e. The number of ether oxygens (including phenoxy) is 1. The van der Waals surface area contributed by atoms with Crippen molar-refractivity contribution < 1.29 is 9.53 Å². The Morgan fingerprint density at radius 1 is 1.36 bits per heavy atom. The molecule has 3 aromatic heterocycles. The van der Waals surface area contributed by atoms with Crippen LogP contribution in [0, 0.1) is 6.92 Å². The molecule has 1 saturated carbocycles. The van der Waals surface area contributed by atoms with Gasteiger partial charge in [0, 0.05) is 12.5 Å². The van der Waals surface area contributed by atoms with Crippen molar-refractivity contribution in [3.05, 3.63) is 32.4 Å². The summed E-state index contributed by atoms with van der Waals surface area (Å²) in [5.74, 6) is 2.20. The number of thiophene rings is 1. The maximum Gasteiger partial charge on any atom is 0.348 e. The molecule has 8 nitrogen and oxygen atoms in total. The van der Waals surface area contributed by atoms with Crippen molar-refractivity contribution in [2.75, 3.05) is 6.61 Å². The molecule has 0 bridgehead atoms. The maximum absolute atomic E-state index is 12.6. The average molecular weight is 420 g/mol. The first-order valence-electron chi connectivity index (χ1n) is 9.28. The lowest BCUT2D eigenvalue weighted by atomic mass is 10.2. The smallest absolute Gasteiger partial charge is 0.348 e. The van der Waals surface area contributed by atoms with Crippen molar-refractivity contribution in [1.82, 2.24) is 24.7 Å². The number of H-pyrrole nitrogens is 1. The second-order valence-electron chi connectivity index (χ2n) is 6.62. The van der Waals surface area contributed by atoms with E-state index in [0.29, 0.717) is 44.8 Å². The number of carbonyl (C=O) groups is 1. The van der Waals surface area contributed by atoms with E-state index in [2.05, 4.69) is 31.7 Å². The summed E-state index contributed by atoms with van der Waals surface area (Å²) in [6.45, 7) is 6.69. The summed E-state index contributed by atoms with van der Waals surface area (Å²) in [7, 11) is 0. The molecule has 0 unspecified atom stereocenters. The molecule has 3 aromatic rings. The standard InChI is InChI=1S/C18H21N5O3S2/c1-4-23-14(10-6-7-10)21-22-18(23)27-8-11-19-15(24)12-9(3)13(17(25)26-5-2)28-16(12)20-11/h10H,4-8H2,1-3H3,(H,19,20,24). The van der Waals surface area contributed by atoms with Crippen molar-refractivity contribution >= 4 is 39.3 Å². The summed E-state index contributed by atoms with van der Waals surface area (Å²) in [5, 5.41) is 9.93. The van der Waals surface area contributed by atoms with Crippen molar-refractivity contribution in [3.8, 4) is 0 Å². The molecule has 0 saturated heterocycles. The number of aryl methyl sites for hydroxylation is 1. The zero-order valence-corrected chi connectivity index (χ0v) is 17.6. The molecule has 0 atom stereocenters. The first-order chi connectivity index (χ1) is 13.5. The van der Waals surface area contributed by atoms with Gasteiger partial charge in [-0.1, -0.05) is 11.8 Å². The average Bonchev–Trinajstić information content (AvgIpc) is 3.34. The Balaban J connectivity index is 1.60. The monoisotopic (exact) mass is 419 g/mol. The zero-order valence-electron chi connectivity index (χ0n) is 15.9. The van der Waals surface area contributed by atoms with E-state index in [1.807, 2.05) is 0 Å². The number of rotatable bonds is 7. The predicted octanol–water partition coefficient (Wildman–Crippen LogP) is 3.25. The fraction of sp³-hybridized carbons (Fsp3) is 0.500. The molecule has 3 heterocycles. The maximum atomic E-state index is 12.6. The van der Waals surface area contributed by atoms with E-state index in [1.54, 1.807) is 13.8 Å². The van der Waals surface area contributed by atoms with E-state index in [0.717, 1.165) is 17.5 Å². The van der Waals surface area contributed by atoms with Crippen LogP contribution in [-0.4, -0.2) is 37.3 Å². The van der Waals surface area contributed by atoms with E-state index in [-0.39, 0.29) is 5.56 Å². The lowest BCUT2D eigenvalue weighted by molar-refractivity contribution is 0.0531. The third kappa shape index (κ3) is 3.46. The van der Waals surface area contributed by atoms with E-state index in [1.165, 1.54) is 35.9 Å². The SMILES string of the molecule is CCOC(=O)c1sc2nc(CSc3nnc(C4CC4)n3CC)[nH]c(=O)c2c1C. The zero-order chi connectivity index (χ0) is 19.8. The van der Waals surface area contributed by atoms with Gasteiger partial charge < -0.3 is 14.3 Å². The van der Waals surface area contributed by atoms with Gasteiger partial charge in [0.15, 0.2) is 5.16 Å². The van der Waals surface area contributed by atoms with Crippen molar-refractivity contribution in [1.29, 1.82) is 0 Å². The van der Waals surface area contributed by atoms with E-state index in [9.17, 15) is 9.59 Å². The highest BCUT2D eigenvalue weighted by Gasteiger charge is 2.30. The molecular formula is C18H21N5O3S2. The van der Waals surface area contributed by atoms with Gasteiger partial charge in [-0.25, -0.2) is 9.78 Å². The number of nitrogens with one attached hydrogen (secondary N) is 1. The van der Waals surface area contributed by atoms with Gasteiger partial charge in [-0.15, -0.1) is 21.5 Å². The van der Waals surface area contributed by atoms with Crippen molar-refractivity contribution in [2.24, 2.45) is 0 Å². The minimum Gasteiger partial charge on any atom is -0.462 e. The summed E-state index contributed by atoms with van der Waals surface area (Å²) in [6, 6.07) is 0. The molecule has 10 heteroatoms. The number of aromatic nitrogens is 5. The van der Waals surface area contributed by atoms with Gasteiger partial charge in [-0.05, 0) is 39.2 Å². The van der Waals surface area contributed by atoms with Crippen LogP contribution in [-0.2, 0) is 17.0 Å². The number of hydrogen-bond acceptors (Lipinski definition) is 8. The highest BCUT2D eigenvalue weighted by atomic mass is 32.2. The molecule has 4 rings (SSSR count). The van der Waals surface area contributed by atoms with Crippen LogP contribution in [0.2, 0.25) is 0 Å². The number of carbonyl (C=O) groups excluding carboxylic acids is 1. The number of esters is 1. The highest BCUT2D eigenvalue weighted by Crippen LogP contribution is 2.40. The molecule has 0 amide bonds. The van der Waals surface area contributed by atoms with Gasteiger partial charge in [0.2, 0.25) is 0 Å². The van der Waals surface area contributed by atoms with Crippen LogP contribution in [0.3, 0.4) is 0 Å². The third-order valence-electron chi connectivity index (χ3n) is 4.65. The third-order valence-corrected chi connectivity index (χ3v) is 6.80. The molecule has 0 spiro atoms. The van der Waals surface area contributed by atoms with Crippen LogP contribution in [0.5, 0.6) is 0 Å². The molecule has 28 heavy (non-hydrogen) atoms. The minimum atomic E-state index is -0.415. The lowest BCUT2D eigenvalue weighted by Crippen LogP contribution is -2.11. The number of hydrogen-bond donors (Lipinski definition) is 1. The normalized spacial score (nSPS) is 14.0. The molecule has 148 valence electrons. The summed E-state index contributed by atoms with van der Waals surface area (Å²) >= 11 is 2.70. The molecule has 0 aliphatic heterocycles. The molecule has 1 fully saturated rings. The molecule has 0 radical (unpaired) electrons. The van der Waals surface area contributed by atoms with E-state index < -0.39 is 5.97 Å². The first kappa shape index (κ1) is 19.1. The van der Waals surface area contributed by atoms with Crippen molar-refractivity contribution in [2.45, 2.75) is 57.0 Å². The second kappa shape index (κ2) is 7.67. The van der Waals surface area contributed by atoms with Crippen LogP contribution in [0.15, 0.2) is 9.95 Å². The first-order valence-corrected chi connectivity index (χ1v) is 11.1. The Bertz CT molecular complexity index is 1100. The fourth-order valence-electron chi connectivity index (χ4n) is 3.13. The summed E-state index contributed by atoms with van der Waals surface area (Å²) in [4.78, 5) is 33.0. The quantitative estimate of drug-likeness (QED) is 0.463. The summed E-state index contributed by atoms with van der Waals surface area (Å²) in [5.41, 5.74) is 0.381. The Hall–Kier alpha value is -2.20. The molecule has 0 aromatic carbocycles. The van der Waals surface area contributed by atoms with Gasteiger partial charge in [0.05, 0.1) is 17.7 Å². The predicted molar refractivity (Wildman–Crippen MR) is 108 cm³/mol. The van der Waals surface area contributed by atoms with E-state index in [4.69, 9.17) is 4.74 Å². The van der Waals surface area contributed by atoms with Crippen LogP contribution in [0.1, 0.15) is 59.5 Å². The van der Waals surface area contributed by atoms with Crippen LogP contribution >= 0.6 is 23.1 Å². The van der Waals surface area contributed by atoms with E-state index >= 15 is 0 Å². The fourth-order valence-corrected chi connectivity index (χ4v) is 5.10. The Kier molecular flexibility index (Phi) is 5.24. The summed E-state index contributed by atoms with van der Waals surface area (Å²) < 4.78 is 7.21. The molecule has 1 aliphatic carbocycles. The number of fused-ring (bicyclic) bond motifs is 1. The molecule has 1 N–H and O–H groups in total. The Morgan fingerprint density at radius 3 is 2.82 bits per heavy atom. The topological polar surface area (TPSA) is 103 Å². The Morgan fingerprint density at radius 2 is 2.14 bits per heavy atom. The lowest BCUT2D eigenvalue weighted by Gasteiger charge is -2.06. The molecular weight excluding hydrogens is 398 g/mol. The van der Waals surface area contributed by atoms with Gasteiger partial charge in [-0.2, -0.15) is 0 Å². The van der Waals surface area contributed by atoms with Gasteiger partial charge in [0.25, 0.3) is 5.56 Å². The van der Waals surface area contributed by atoms with Crippen molar-refractivity contribution in [3.63, 3.8) is 0 Å². The number of nitrogens with zero attached hydrogens (tertiary/aromatic N) is 4. The highest BCUT2D eigenvalue weighted by molar-refractivity contribution is 7.98. The molecule has 1 aliphatic rings. The van der Waals surface area contributed by atoms with Gasteiger partial charge >= 0.3 is 5.97 Å². The number of aromatic amines is 1. The van der Waals surface area contributed by atoms with Gasteiger partial charge in [-0.3, -0.25) is 4.79 Å². The summed E-state index contributed by atoms with van der Waals surface area (Å²) in [6.07, 6.45) is 2.35.